The number of carbonyl (C=O) groups excluding carboxylic acids is 2. The van der Waals surface area contributed by atoms with Gasteiger partial charge in [0.25, 0.3) is 0 Å². The number of hydrogen-bond acceptors (Lipinski definition) is 2. The number of amides is 3. The summed E-state index contributed by atoms with van der Waals surface area (Å²) in [4.78, 5) is 30.9. The van der Waals surface area contributed by atoms with Gasteiger partial charge in [0, 0.05) is 45.6 Å². The summed E-state index contributed by atoms with van der Waals surface area (Å²) >= 11 is 0. The number of benzene rings is 1. The Morgan fingerprint density at radius 1 is 1.00 bits per heavy atom. The second-order valence-electron chi connectivity index (χ2n) is 7.85. The lowest BCUT2D eigenvalue weighted by molar-refractivity contribution is -0.142. The summed E-state index contributed by atoms with van der Waals surface area (Å²) in [5.41, 5.74) is 2.81. The van der Waals surface area contributed by atoms with Crippen molar-refractivity contribution in [2.75, 3.05) is 33.7 Å². The van der Waals surface area contributed by atoms with Crippen LogP contribution >= 0.6 is 0 Å². The predicted molar refractivity (Wildman–Crippen MR) is 96.3 cm³/mol. The molecule has 5 rings (SSSR count). The van der Waals surface area contributed by atoms with Gasteiger partial charge in [-0.25, -0.2) is 4.79 Å². The van der Waals surface area contributed by atoms with Crippen LogP contribution < -0.4 is 0 Å². The van der Waals surface area contributed by atoms with Crippen LogP contribution in [0.3, 0.4) is 0 Å². The molecule has 2 atom stereocenters. The normalized spacial score (nSPS) is 25.7. The number of carbonyl (C=O) groups is 2. The van der Waals surface area contributed by atoms with Crippen LogP contribution in [0.15, 0.2) is 24.3 Å². The van der Waals surface area contributed by atoms with Crippen LogP contribution in [0.5, 0.6) is 0 Å². The molecular formula is C20H27N3O2. The zero-order valence-electron chi connectivity index (χ0n) is 15.1. The van der Waals surface area contributed by atoms with Crippen LogP contribution in [-0.4, -0.2) is 60.4 Å². The van der Waals surface area contributed by atoms with Crippen molar-refractivity contribution in [1.29, 1.82) is 0 Å². The van der Waals surface area contributed by atoms with E-state index in [1.807, 2.05) is 4.90 Å². The van der Waals surface area contributed by atoms with E-state index in [0.717, 1.165) is 25.8 Å². The van der Waals surface area contributed by atoms with Crippen molar-refractivity contribution >= 4 is 11.9 Å². The van der Waals surface area contributed by atoms with Crippen molar-refractivity contribution in [3.05, 3.63) is 35.4 Å². The largest absolute Gasteiger partial charge is 0.335 e. The van der Waals surface area contributed by atoms with E-state index in [-0.39, 0.29) is 18.0 Å². The smallest absolute Gasteiger partial charge is 0.319 e. The molecule has 2 fully saturated rings. The van der Waals surface area contributed by atoms with E-state index in [0.29, 0.717) is 24.9 Å². The molecule has 1 aromatic carbocycles. The van der Waals surface area contributed by atoms with Gasteiger partial charge >= 0.3 is 6.03 Å². The van der Waals surface area contributed by atoms with Gasteiger partial charge in [-0.1, -0.05) is 24.3 Å². The highest BCUT2D eigenvalue weighted by molar-refractivity contribution is 5.81. The van der Waals surface area contributed by atoms with Crippen LogP contribution in [-0.2, 0) is 4.79 Å². The van der Waals surface area contributed by atoms with Gasteiger partial charge in [-0.15, -0.1) is 0 Å². The van der Waals surface area contributed by atoms with Crippen molar-refractivity contribution in [3.8, 4) is 0 Å². The first-order valence-electron chi connectivity index (χ1n) is 9.41. The van der Waals surface area contributed by atoms with Crippen molar-refractivity contribution in [1.82, 2.24) is 14.7 Å². The molecule has 4 aliphatic rings. The first kappa shape index (κ1) is 16.4. The molecule has 134 valence electrons. The molecule has 3 aliphatic heterocycles. The highest BCUT2D eigenvalue weighted by atomic mass is 16.2. The highest BCUT2D eigenvalue weighted by Crippen LogP contribution is 2.47. The monoisotopic (exact) mass is 341 g/mol. The minimum Gasteiger partial charge on any atom is -0.335 e. The number of fused-ring (bicyclic) bond motifs is 2. The minimum absolute atomic E-state index is 0.0526. The maximum Gasteiger partial charge on any atom is 0.319 e. The number of piperidine rings is 2. The fraction of sp³-hybridized carbons (Fsp3) is 0.600. The third-order valence-corrected chi connectivity index (χ3v) is 6.16. The first-order valence-corrected chi connectivity index (χ1v) is 9.41. The molecular weight excluding hydrogens is 314 g/mol. The van der Waals surface area contributed by atoms with E-state index in [2.05, 4.69) is 29.2 Å². The quantitative estimate of drug-likeness (QED) is 0.788. The lowest BCUT2D eigenvalue weighted by Crippen LogP contribution is -2.51. The molecule has 5 heteroatoms. The summed E-state index contributed by atoms with van der Waals surface area (Å²) in [5.74, 6) is 0.874. The van der Waals surface area contributed by atoms with Crippen LogP contribution in [0.4, 0.5) is 4.79 Å². The Labute approximate surface area is 149 Å². The lowest BCUT2D eigenvalue weighted by Gasteiger charge is -2.48. The summed E-state index contributed by atoms with van der Waals surface area (Å²) < 4.78 is 0. The van der Waals surface area contributed by atoms with Gasteiger partial charge in [0.05, 0.1) is 6.04 Å². The molecule has 0 saturated carbocycles. The third kappa shape index (κ3) is 2.79. The average Bonchev–Trinajstić information content (AvgIpc) is 2.67. The topological polar surface area (TPSA) is 43.9 Å². The third-order valence-electron chi connectivity index (χ3n) is 6.16. The summed E-state index contributed by atoms with van der Waals surface area (Å²) in [6.45, 7) is 2.25. The molecule has 1 aliphatic carbocycles. The highest BCUT2D eigenvalue weighted by Gasteiger charge is 2.42. The molecule has 0 N–H and O–H groups in total. The predicted octanol–water partition coefficient (Wildman–Crippen LogP) is 2.84. The van der Waals surface area contributed by atoms with Gasteiger partial charge in [-0.05, 0) is 36.8 Å². The van der Waals surface area contributed by atoms with Crippen LogP contribution in [0.25, 0.3) is 0 Å². The summed E-state index contributed by atoms with van der Waals surface area (Å²) in [6.07, 6.45) is 3.86. The number of hydrogen-bond donors (Lipinski definition) is 0. The molecule has 0 spiro atoms. The second-order valence-corrected chi connectivity index (χ2v) is 7.85. The fourth-order valence-electron chi connectivity index (χ4n) is 4.81. The molecule has 3 amide bonds. The van der Waals surface area contributed by atoms with Crippen molar-refractivity contribution in [2.45, 2.75) is 37.6 Å². The minimum atomic E-state index is 0.0526. The number of nitrogens with zero attached hydrogens (tertiary/aromatic N) is 3. The Morgan fingerprint density at radius 3 is 2.36 bits per heavy atom. The van der Waals surface area contributed by atoms with Gasteiger partial charge < -0.3 is 14.7 Å². The Kier molecular flexibility index (Phi) is 4.18. The first-order chi connectivity index (χ1) is 12.1. The standard InChI is InChI=1S/C20H27N3O2/c1-21(2)20(25)22-11-9-14(10-12-22)19(24)23-13-15-7-8-18(23)17-6-4-3-5-16(15)17/h3-6,14-15,18H,7-13H2,1-2H3/t15-,18+/m1/s1. The molecule has 25 heavy (non-hydrogen) atoms. The van der Waals surface area contributed by atoms with E-state index in [1.54, 1.807) is 19.0 Å². The summed E-state index contributed by atoms with van der Waals surface area (Å²) in [6, 6.07) is 8.95. The molecule has 2 bridgehead atoms. The van der Waals surface area contributed by atoms with Crippen molar-refractivity contribution in [3.63, 3.8) is 0 Å². The average molecular weight is 341 g/mol. The second kappa shape index (κ2) is 6.36. The molecule has 5 nitrogen and oxygen atoms in total. The Bertz CT molecular complexity index is 679. The van der Waals surface area contributed by atoms with Crippen LogP contribution in [0.1, 0.15) is 48.8 Å². The maximum absolute atomic E-state index is 13.2. The Balaban J connectivity index is 1.44. The number of likely N-dealkylation sites (tertiary alicyclic amines) is 1. The van der Waals surface area contributed by atoms with Gasteiger partial charge in [-0.2, -0.15) is 0 Å². The lowest BCUT2D eigenvalue weighted by atomic mass is 9.74. The van der Waals surface area contributed by atoms with E-state index in [1.165, 1.54) is 17.5 Å². The van der Waals surface area contributed by atoms with Gasteiger partial charge in [-0.3, -0.25) is 4.79 Å². The maximum atomic E-state index is 13.2. The van der Waals surface area contributed by atoms with E-state index < -0.39 is 0 Å². The van der Waals surface area contributed by atoms with Gasteiger partial charge in [0.15, 0.2) is 0 Å². The number of rotatable bonds is 1. The van der Waals surface area contributed by atoms with E-state index >= 15 is 0 Å². The van der Waals surface area contributed by atoms with Gasteiger partial charge in [0.1, 0.15) is 0 Å². The molecule has 0 unspecified atom stereocenters. The molecule has 0 radical (unpaired) electrons. The number of urea groups is 1. The molecule has 1 aromatic rings. The Hall–Kier alpha value is -2.04. The SMILES string of the molecule is CN(C)C(=O)N1CCC(C(=O)N2C[C@H]3CC[C@H]2c2ccccc23)CC1. The molecule has 0 aromatic heterocycles. The van der Waals surface area contributed by atoms with Crippen LogP contribution in [0, 0.1) is 5.92 Å². The summed E-state index contributed by atoms with van der Waals surface area (Å²) in [5, 5.41) is 0. The fourth-order valence-corrected chi connectivity index (χ4v) is 4.81. The van der Waals surface area contributed by atoms with E-state index in [4.69, 9.17) is 0 Å². The van der Waals surface area contributed by atoms with Crippen LogP contribution in [0.2, 0.25) is 0 Å². The molecule has 2 saturated heterocycles. The van der Waals surface area contributed by atoms with Crippen molar-refractivity contribution < 1.29 is 9.59 Å². The van der Waals surface area contributed by atoms with E-state index in [9.17, 15) is 9.59 Å². The van der Waals surface area contributed by atoms with Gasteiger partial charge in [0.2, 0.25) is 5.91 Å². The molecule has 3 heterocycles. The summed E-state index contributed by atoms with van der Waals surface area (Å²) in [7, 11) is 3.56. The zero-order valence-corrected chi connectivity index (χ0v) is 15.1. The Morgan fingerprint density at radius 2 is 1.68 bits per heavy atom. The van der Waals surface area contributed by atoms with Crippen molar-refractivity contribution in [2.24, 2.45) is 5.92 Å². The zero-order chi connectivity index (χ0) is 17.6.